The fourth-order valence-corrected chi connectivity index (χ4v) is 2.45. The van der Waals surface area contributed by atoms with Crippen LogP contribution >= 0.6 is 0 Å². The number of carbonyl (C=O) groups is 1. The maximum atomic E-state index is 11.8. The molecule has 2 aromatic carbocycles. The molecule has 5 nitrogen and oxygen atoms in total. The zero-order chi connectivity index (χ0) is 18.1. The molecule has 0 unspecified atom stereocenters. The lowest BCUT2D eigenvalue weighted by atomic mass is 10.1. The van der Waals surface area contributed by atoms with Crippen molar-refractivity contribution in [3.05, 3.63) is 59.2 Å². The number of ether oxygens (including phenoxy) is 2. The van der Waals surface area contributed by atoms with Crippen LogP contribution in [0, 0.1) is 13.8 Å². The lowest BCUT2D eigenvalue weighted by Crippen LogP contribution is -2.26. The summed E-state index contributed by atoms with van der Waals surface area (Å²) in [4.78, 5) is 11.8. The third kappa shape index (κ3) is 6.47. The molecule has 0 spiro atoms. The van der Waals surface area contributed by atoms with Gasteiger partial charge >= 0.3 is 0 Å². The molecule has 2 N–H and O–H groups in total. The van der Waals surface area contributed by atoms with E-state index in [9.17, 15) is 4.79 Å². The number of amides is 1. The Hall–Kier alpha value is -2.53. The van der Waals surface area contributed by atoms with Gasteiger partial charge in [0, 0.05) is 18.5 Å². The SMILES string of the molecule is Cc1cc(C)cc(OCCCOc2cccc(C(=O)NCCO)c2)c1. The first kappa shape index (κ1) is 18.8. The second-order valence-corrected chi connectivity index (χ2v) is 5.88. The summed E-state index contributed by atoms with van der Waals surface area (Å²) in [6.45, 7) is 5.33. The van der Waals surface area contributed by atoms with E-state index in [4.69, 9.17) is 14.6 Å². The molecule has 0 atom stereocenters. The van der Waals surface area contributed by atoms with Crippen molar-refractivity contribution in [2.24, 2.45) is 0 Å². The van der Waals surface area contributed by atoms with Gasteiger partial charge in [0.15, 0.2) is 0 Å². The minimum Gasteiger partial charge on any atom is -0.493 e. The van der Waals surface area contributed by atoms with Gasteiger partial charge < -0.3 is 19.9 Å². The quantitative estimate of drug-likeness (QED) is 0.687. The minimum absolute atomic E-state index is 0.0810. The van der Waals surface area contributed by atoms with Gasteiger partial charge in [-0.2, -0.15) is 0 Å². The van der Waals surface area contributed by atoms with Crippen molar-refractivity contribution in [3.63, 3.8) is 0 Å². The van der Waals surface area contributed by atoms with Crippen molar-refractivity contribution in [3.8, 4) is 11.5 Å². The maximum Gasteiger partial charge on any atom is 0.251 e. The van der Waals surface area contributed by atoms with E-state index in [1.165, 1.54) is 11.1 Å². The summed E-state index contributed by atoms with van der Waals surface area (Å²) in [6, 6.07) is 13.1. The Morgan fingerprint density at radius 1 is 1.00 bits per heavy atom. The van der Waals surface area contributed by atoms with E-state index >= 15 is 0 Å². The summed E-state index contributed by atoms with van der Waals surface area (Å²) in [7, 11) is 0. The molecule has 0 aliphatic heterocycles. The van der Waals surface area contributed by atoms with Gasteiger partial charge in [-0.05, 0) is 55.3 Å². The molecule has 1 amide bonds. The number of aliphatic hydroxyl groups excluding tert-OH is 1. The van der Waals surface area contributed by atoms with Gasteiger partial charge in [-0.1, -0.05) is 12.1 Å². The maximum absolute atomic E-state index is 11.8. The van der Waals surface area contributed by atoms with E-state index in [1.807, 2.05) is 32.0 Å². The van der Waals surface area contributed by atoms with Crippen molar-refractivity contribution in [2.75, 3.05) is 26.4 Å². The largest absolute Gasteiger partial charge is 0.493 e. The molecule has 5 heteroatoms. The molecule has 0 radical (unpaired) electrons. The van der Waals surface area contributed by atoms with E-state index in [-0.39, 0.29) is 19.1 Å². The summed E-state index contributed by atoms with van der Waals surface area (Å²) in [5.41, 5.74) is 2.88. The molecule has 0 saturated carbocycles. The third-order valence-electron chi connectivity index (χ3n) is 3.51. The van der Waals surface area contributed by atoms with Crippen LogP contribution in [-0.2, 0) is 0 Å². The number of aliphatic hydroxyl groups is 1. The van der Waals surface area contributed by atoms with Gasteiger partial charge in [0.1, 0.15) is 11.5 Å². The van der Waals surface area contributed by atoms with E-state index in [0.717, 1.165) is 12.2 Å². The fourth-order valence-electron chi connectivity index (χ4n) is 2.45. The van der Waals surface area contributed by atoms with Crippen LogP contribution in [0.1, 0.15) is 27.9 Å². The van der Waals surface area contributed by atoms with Gasteiger partial charge in [0.2, 0.25) is 0 Å². The molecule has 0 aromatic heterocycles. The molecule has 2 rings (SSSR count). The minimum atomic E-state index is -0.224. The molecule has 134 valence electrons. The summed E-state index contributed by atoms with van der Waals surface area (Å²) in [6.07, 6.45) is 0.744. The number of nitrogens with one attached hydrogen (secondary N) is 1. The van der Waals surface area contributed by atoms with Crippen molar-refractivity contribution >= 4 is 5.91 Å². The van der Waals surface area contributed by atoms with Crippen molar-refractivity contribution < 1.29 is 19.4 Å². The van der Waals surface area contributed by atoms with Crippen LogP contribution in [0.2, 0.25) is 0 Å². The molecule has 25 heavy (non-hydrogen) atoms. The number of benzene rings is 2. The summed E-state index contributed by atoms with van der Waals surface area (Å²) in [5, 5.41) is 11.4. The Kier molecular flexibility index (Phi) is 7.29. The summed E-state index contributed by atoms with van der Waals surface area (Å²) < 4.78 is 11.4. The fraction of sp³-hybridized carbons (Fsp3) is 0.350. The topological polar surface area (TPSA) is 67.8 Å². The van der Waals surface area contributed by atoms with Gasteiger partial charge in [-0.15, -0.1) is 0 Å². The van der Waals surface area contributed by atoms with Gasteiger partial charge in [0.25, 0.3) is 5.91 Å². The molecule has 2 aromatic rings. The predicted octanol–water partition coefficient (Wildman–Crippen LogP) is 2.87. The van der Waals surface area contributed by atoms with Crippen LogP contribution in [0.4, 0.5) is 0 Å². The predicted molar refractivity (Wildman–Crippen MR) is 97.4 cm³/mol. The Bertz CT molecular complexity index is 680. The van der Waals surface area contributed by atoms with Crippen LogP contribution in [-0.4, -0.2) is 37.4 Å². The smallest absolute Gasteiger partial charge is 0.251 e. The number of rotatable bonds is 9. The molecular weight excluding hydrogens is 318 g/mol. The highest BCUT2D eigenvalue weighted by Crippen LogP contribution is 2.17. The highest BCUT2D eigenvalue weighted by atomic mass is 16.5. The number of aryl methyl sites for hydroxylation is 2. The van der Waals surface area contributed by atoms with E-state index in [0.29, 0.717) is 24.5 Å². The van der Waals surface area contributed by atoms with Gasteiger partial charge in [0.05, 0.1) is 19.8 Å². The summed E-state index contributed by atoms with van der Waals surface area (Å²) in [5.74, 6) is 1.29. The second kappa shape index (κ2) is 9.69. The van der Waals surface area contributed by atoms with Crippen molar-refractivity contribution in [1.82, 2.24) is 5.32 Å². The van der Waals surface area contributed by atoms with E-state index < -0.39 is 0 Å². The highest BCUT2D eigenvalue weighted by molar-refractivity contribution is 5.94. The van der Waals surface area contributed by atoms with Crippen LogP contribution in [0.15, 0.2) is 42.5 Å². The molecule has 0 heterocycles. The first-order valence-corrected chi connectivity index (χ1v) is 8.41. The van der Waals surface area contributed by atoms with Crippen LogP contribution in [0.25, 0.3) is 0 Å². The molecular formula is C20H25NO4. The van der Waals surface area contributed by atoms with Crippen LogP contribution in [0.3, 0.4) is 0 Å². The first-order chi connectivity index (χ1) is 12.1. The first-order valence-electron chi connectivity index (χ1n) is 8.41. The third-order valence-corrected chi connectivity index (χ3v) is 3.51. The standard InChI is InChI=1S/C20H25NO4/c1-15-11-16(2)13-19(12-15)25-10-4-9-24-18-6-3-5-17(14-18)20(23)21-7-8-22/h3,5-6,11-14,22H,4,7-10H2,1-2H3,(H,21,23). The van der Waals surface area contributed by atoms with Gasteiger partial charge in [-0.25, -0.2) is 0 Å². The number of carbonyl (C=O) groups excluding carboxylic acids is 1. The van der Waals surface area contributed by atoms with E-state index in [1.54, 1.807) is 18.2 Å². The number of hydrogen-bond donors (Lipinski definition) is 2. The Balaban J connectivity index is 1.75. The zero-order valence-corrected chi connectivity index (χ0v) is 14.7. The van der Waals surface area contributed by atoms with Crippen molar-refractivity contribution in [2.45, 2.75) is 20.3 Å². The van der Waals surface area contributed by atoms with Crippen LogP contribution in [0.5, 0.6) is 11.5 Å². The normalized spacial score (nSPS) is 10.4. The van der Waals surface area contributed by atoms with Crippen molar-refractivity contribution in [1.29, 1.82) is 0 Å². The zero-order valence-electron chi connectivity index (χ0n) is 14.7. The summed E-state index contributed by atoms with van der Waals surface area (Å²) >= 11 is 0. The Labute approximate surface area is 148 Å². The van der Waals surface area contributed by atoms with Gasteiger partial charge in [-0.3, -0.25) is 4.79 Å². The lowest BCUT2D eigenvalue weighted by molar-refractivity contribution is 0.0944. The molecule has 0 aliphatic carbocycles. The molecule has 0 saturated heterocycles. The second-order valence-electron chi connectivity index (χ2n) is 5.88. The highest BCUT2D eigenvalue weighted by Gasteiger charge is 2.06. The Morgan fingerprint density at radius 3 is 2.36 bits per heavy atom. The average molecular weight is 343 g/mol. The monoisotopic (exact) mass is 343 g/mol. The molecule has 0 bridgehead atoms. The lowest BCUT2D eigenvalue weighted by Gasteiger charge is -2.10. The average Bonchev–Trinajstić information content (AvgIpc) is 2.59. The van der Waals surface area contributed by atoms with E-state index in [2.05, 4.69) is 11.4 Å². The van der Waals surface area contributed by atoms with Crippen LogP contribution < -0.4 is 14.8 Å². The molecule has 0 fully saturated rings. The number of hydrogen-bond acceptors (Lipinski definition) is 4. The Morgan fingerprint density at radius 2 is 1.68 bits per heavy atom. The molecule has 0 aliphatic rings.